The number of hydrogen-bond acceptors (Lipinski definition) is 4. The molecule has 1 fully saturated rings. The zero-order valence-electron chi connectivity index (χ0n) is 13.5. The molecule has 9 heteroatoms. The number of carboxylic acids is 1. The highest BCUT2D eigenvalue weighted by Gasteiger charge is 2.31. The molecule has 0 aromatic heterocycles. The number of hydrogen-bond donors (Lipinski definition) is 2. The standard InChI is InChI=1S/C15H22BrN3O4S/c1-2-3-14(15(20)21)17-24(22,23)19-10-8-18(9-11-19)13-6-4-12(16)5-7-13/h4-7,14,17H,2-3,8-11H2,1H3,(H,20,21)/t14-/m0/s1. The number of carboxylic acid groups (broad SMARTS) is 1. The molecule has 1 atom stereocenters. The molecule has 0 saturated carbocycles. The van der Waals surface area contributed by atoms with Crippen molar-refractivity contribution in [1.82, 2.24) is 9.03 Å². The maximum Gasteiger partial charge on any atom is 0.321 e. The van der Waals surface area contributed by atoms with Gasteiger partial charge in [0.1, 0.15) is 6.04 Å². The van der Waals surface area contributed by atoms with Crippen LogP contribution in [-0.4, -0.2) is 56.0 Å². The summed E-state index contributed by atoms with van der Waals surface area (Å²) in [5, 5.41) is 9.12. The molecule has 0 spiro atoms. The van der Waals surface area contributed by atoms with Crippen LogP contribution in [0.5, 0.6) is 0 Å². The van der Waals surface area contributed by atoms with Gasteiger partial charge in [0.25, 0.3) is 10.2 Å². The third kappa shape index (κ3) is 4.92. The van der Waals surface area contributed by atoms with E-state index in [0.717, 1.165) is 10.2 Å². The van der Waals surface area contributed by atoms with Gasteiger partial charge in [0.2, 0.25) is 0 Å². The third-order valence-electron chi connectivity index (χ3n) is 3.94. The maximum absolute atomic E-state index is 12.4. The van der Waals surface area contributed by atoms with Crippen molar-refractivity contribution in [1.29, 1.82) is 0 Å². The number of halogens is 1. The summed E-state index contributed by atoms with van der Waals surface area (Å²) in [5.41, 5.74) is 1.04. The summed E-state index contributed by atoms with van der Waals surface area (Å²) < 4.78 is 29.4. The zero-order valence-corrected chi connectivity index (χ0v) is 15.9. The van der Waals surface area contributed by atoms with Crippen LogP contribution in [0, 0.1) is 0 Å². The fourth-order valence-corrected chi connectivity index (χ4v) is 4.25. The number of rotatable bonds is 7. The predicted octanol–water partition coefficient (Wildman–Crippen LogP) is 1.66. The number of nitrogens with one attached hydrogen (secondary N) is 1. The highest BCUT2D eigenvalue weighted by Crippen LogP contribution is 2.20. The minimum Gasteiger partial charge on any atom is -0.480 e. The molecule has 24 heavy (non-hydrogen) atoms. The van der Waals surface area contributed by atoms with Crippen LogP contribution in [0.4, 0.5) is 5.69 Å². The van der Waals surface area contributed by atoms with Crippen molar-refractivity contribution in [3.05, 3.63) is 28.7 Å². The van der Waals surface area contributed by atoms with Gasteiger partial charge < -0.3 is 10.0 Å². The van der Waals surface area contributed by atoms with Gasteiger partial charge in [-0.1, -0.05) is 29.3 Å². The normalized spacial score (nSPS) is 17.7. The summed E-state index contributed by atoms with van der Waals surface area (Å²) in [6.07, 6.45) is 0.865. The lowest BCUT2D eigenvalue weighted by molar-refractivity contribution is -0.139. The second kappa shape index (κ2) is 8.28. The van der Waals surface area contributed by atoms with Crippen LogP contribution in [0.15, 0.2) is 28.7 Å². The largest absolute Gasteiger partial charge is 0.480 e. The third-order valence-corrected chi connectivity index (χ3v) is 6.09. The molecule has 2 N–H and O–H groups in total. The molecule has 2 rings (SSSR count). The molecule has 1 saturated heterocycles. The van der Waals surface area contributed by atoms with Crippen LogP contribution in [0.25, 0.3) is 0 Å². The van der Waals surface area contributed by atoms with Gasteiger partial charge >= 0.3 is 5.97 Å². The molecular formula is C15H22BrN3O4S. The molecule has 1 aliphatic rings. The lowest BCUT2D eigenvalue weighted by Crippen LogP contribution is -2.54. The zero-order chi connectivity index (χ0) is 17.7. The highest BCUT2D eigenvalue weighted by molar-refractivity contribution is 9.10. The van der Waals surface area contributed by atoms with E-state index in [4.69, 9.17) is 5.11 Å². The first-order chi connectivity index (χ1) is 11.3. The second-order valence-electron chi connectivity index (χ2n) is 5.66. The molecule has 0 bridgehead atoms. The van der Waals surface area contributed by atoms with Crippen molar-refractivity contribution >= 4 is 37.8 Å². The molecule has 1 aromatic rings. The first kappa shape index (κ1) is 19.2. The van der Waals surface area contributed by atoms with Gasteiger partial charge in [-0.25, -0.2) is 0 Å². The summed E-state index contributed by atoms with van der Waals surface area (Å²) in [6, 6.07) is 6.77. The molecule has 7 nitrogen and oxygen atoms in total. The van der Waals surface area contributed by atoms with Gasteiger partial charge in [-0.05, 0) is 30.7 Å². The number of benzene rings is 1. The minimum atomic E-state index is -3.79. The van der Waals surface area contributed by atoms with Crippen LogP contribution in [0.1, 0.15) is 19.8 Å². The van der Waals surface area contributed by atoms with Crippen LogP contribution >= 0.6 is 15.9 Å². The van der Waals surface area contributed by atoms with Crippen LogP contribution in [-0.2, 0) is 15.0 Å². The summed E-state index contributed by atoms with van der Waals surface area (Å²) in [4.78, 5) is 13.3. The van der Waals surface area contributed by atoms with Gasteiger partial charge in [-0.15, -0.1) is 0 Å². The van der Waals surface area contributed by atoms with Crippen LogP contribution in [0.2, 0.25) is 0 Å². The Balaban J connectivity index is 1.97. The second-order valence-corrected chi connectivity index (χ2v) is 8.28. The van der Waals surface area contributed by atoms with E-state index in [9.17, 15) is 13.2 Å². The molecule has 0 radical (unpaired) electrons. The van der Waals surface area contributed by atoms with Gasteiger partial charge in [0, 0.05) is 36.3 Å². The van der Waals surface area contributed by atoms with Gasteiger partial charge in [-0.3, -0.25) is 4.79 Å². The monoisotopic (exact) mass is 419 g/mol. The van der Waals surface area contributed by atoms with Gasteiger partial charge in [0.05, 0.1) is 0 Å². The van der Waals surface area contributed by atoms with Crippen molar-refractivity contribution in [2.75, 3.05) is 31.1 Å². The smallest absolute Gasteiger partial charge is 0.321 e. The van der Waals surface area contributed by atoms with E-state index < -0.39 is 22.2 Å². The SMILES string of the molecule is CCC[C@H](NS(=O)(=O)N1CCN(c2ccc(Br)cc2)CC1)C(=O)O. The average Bonchev–Trinajstić information content (AvgIpc) is 2.55. The Hall–Kier alpha value is -1.16. The molecule has 1 aromatic carbocycles. The number of nitrogens with zero attached hydrogens (tertiary/aromatic N) is 2. The quantitative estimate of drug-likeness (QED) is 0.701. The topological polar surface area (TPSA) is 90.0 Å². The van der Waals surface area contributed by atoms with Gasteiger partial charge in [0.15, 0.2) is 0 Å². The molecule has 1 heterocycles. The Bertz CT molecular complexity index is 658. The van der Waals surface area contributed by atoms with E-state index >= 15 is 0 Å². The minimum absolute atomic E-state index is 0.271. The Morgan fingerprint density at radius 3 is 2.33 bits per heavy atom. The molecule has 0 unspecified atom stereocenters. The predicted molar refractivity (Wildman–Crippen MR) is 96.3 cm³/mol. The number of carbonyl (C=O) groups is 1. The molecule has 0 amide bonds. The van der Waals surface area contributed by atoms with Crippen molar-refractivity contribution in [3.8, 4) is 0 Å². The summed E-state index contributed by atoms with van der Waals surface area (Å²) in [6.45, 7) is 3.59. The molecule has 134 valence electrons. The molecule has 0 aliphatic carbocycles. The fourth-order valence-electron chi connectivity index (χ4n) is 2.61. The summed E-state index contributed by atoms with van der Waals surface area (Å²) in [5.74, 6) is -1.14. The number of piperazine rings is 1. The highest BCUT2D eigenvalue weighted by atomic mass is 79.9. The number of aliphatic carboxylic acids is 1. The van der Waals surface area contributed by atoms with Crippen LogP contribution in [0.3, 0.4) is 0 Å². The number of anilines is 1. The average molecular weight is 420 g/mol. The Morgan fingerprint density at radius 2 is 1.83 bits per heavy atom. The maximum atomic E-state index is 12.4. The van der Waals surface area contributed by atoms with E-state index in [2.05, 4.69) is 25.6 Å². The molecule has 1 aliphatic heterocycles. The van der Waals surface area contributed by atoms with Crippen molar-refractivity contribution in [3.63, 3.8) is 0 Å². The Kier molecular flexibility index (Phi) is 6.62. The van der Waals surface area contributed by atoms with E-state index in [1.54, 1.807) is 0 Å². The lowest BCUT2D eigenvalue weighted by atomic mass is 10.2. The Labute approximate surface area is 150 Å². The summed E-state index contributed by atoms with van der Waals surface area (Å²) in [7, 11) is -3.79. The fraction of sp³-hybridized carbons (Fsp3) is 0.533. The molecular weight excluding hydrogens is 398 g/mol. The van der Waals surface area contributed by atoms with E-state index in [-0.39, 0.29) is 6.42 Å². The Morgan fingerprint density at radius 1 is 1.25 bits per heavy atom. The lowest BCUT2D eigenvalue weighted by Gasteiger charge is -2.35. The first-order valence-corrected chi connectivity index (χ1v) is 10.1. The van der Waals surface area contributed by atoms with E-state index in [0.29, 0.717) is 32.6 Å². The summed E-state index contributed by atoms with van der Waals surface area (Å²) >= 11 is 3.39. The van der Waals surface area contributed by atoms with Crippen molar-refractivity contribution in [2.45, 2.75) is 25.8 Å². The van der Waals surface area contributed by atoms with Crippen molar-refractivity contribution < 1.29 is 18.3 Å². The van der Waals surface area contributed by atoms with Crippen LogP contribution < -0.4 is 9.62 Å². The first-order valence-electron chi connectivity index (χ1n) is 7.84. The van der Waals surface area contributed by atoms with E-state index in [1.807, 2.05) is 31.2 Å². The van der Waals surface area contributed by atoms with Gasteiger partial charge in [-0.2, -0.15) is 17.4 Å². The van der Waals surface area contributed by atoms with E-state index in [1.165, 1.54) is 4.31 Å². The van der Waals surface area contributed by atoms with Crippen molar-refractivity contribution in [2.24, 2.45) is 0 Å².